The number of halogens is 1. The van der Waals surface area contributed by atoms with E-state index >= 15 is 0 Å². The molecule has 0 bridgehead atoms. The van der Waals surface area contributed by atoms with Crippen molar-refractivity contribution in [2.24, 2.45) is 0 Å². The van der Waals surface area contributed by atoms with Gasteiger partial charge in [0.15, 0.2) is 5.69 Å². The van der Waals surface area contributed by atoms with Crippen molar-refractivity contribution in [2.75, 3.05) is 7.11 Å². The van der Waals surface area contributed by atoms with Crippen LogP contribution < -0.4 is 0 Å². The zero-order valence-corrected chi connectivity index (χ0v) is 11.9. The number of aromatic nitrogens is 3. The molecule has 0 radical (unpaired) electrons. The maximum atomic E-state index is 11.0. The predicted octanol–water partition coefficient (Wildman–Crippen LogP) is 1.99. The van der Waals surface area contributed by atoms with E-state index in [0.29, 0.717) is 12.2 Å². The van der Waals surface area contributed by atoms with E-state index < -0.39 is 5.97 Å². The minimum absolute atomic E-state index is 0.0625. The van der Waals surface area contributed by atoms with Crippen LogP contribution in [0.1, 0.15) is 21.1 Å². The fraction of sp³-hybridized carbons (Fsp3) is 0.300. The minimum atomic E-state index is -1.10. The highest BCUT2D eigenvalue weighted by Crippen LogP contribution is 2.23. The van der Waals surface area contributed by atoms with Crippen LogP contribution in [0, 0.1) is 0 Å². The van der Waals surface area contributed by atoms with Crippen LogP contribution in [0.4, 0.5) is 0 Å². The Morgan fingerprint density at radius 2 is 2.39 bits per heavy atom. The van der Waals surface area contributed by atoms with E-state index in [1.165, 1.54) is 7.11 Å². The SMILES string of the molecule is COCc1c(C(=O)O)nnn1Cc1ccc(Br)s1. The van der Waals surface area contributed by atoms with Gasteiger partial charge in [0.05, 0.1) is 22.6 Å². The van der Waals surface area contributed by atoms with Gasteiger partial charge in [-0.25, -0.2) is 9.48 Å². The number of nitrogens with zero attached hydrogens (tertiary/aromatic N) is 3. The summed E-state index contributed by atoms with van der Waals surface area (Å²) in [4.78, 5) is 12.0. The number of hydrogen-bond acceptors (Lipinski definition) is 5. The molecule has 96 valence electrons. The van der Waals surface area contributed by atoms with Crippen LogP contribution in [-0.2, 0) is 17.9 Å². The van der Waals surface area contributed by atoms with Crippen molar-refractivity contribution in [2.45, 2.75) is 13.2 Å². The number of aromatic carboxylic acids is 1. The van der Waals surface area contributed by atoms with Crippen LogP contribution >= 0.6 is 27.3 Å². The fourth-order valence-electron chi connectivity index (χ4n) is 1.49. The highest BCUT2D eigenvalue weighted by molar-refractivity contribution is 9.11. The average molecular weight is 332 g/mol. The maximum absolute atomic E-state index is 11.0. The van der Waals surface area contributed by atoms with E-state index in [0.717, 1.165) is 8.66 Å². The van der Waals surface area contributed by atoms with Gasteiger partial charge < -0.3 is 9.84 Å². The summed E-state index contributed by atoms with van der Waals surface area (Å²) in [6.45, 7) is 0.649. The predicted molar refractivity (Wildman–Crippen MR) is 68.8 cm³/mol. The second-order valence-electron chi connectivity index (χ2n) is 3.49. The summed E-state index contributed by atoms with van der Waals surface area (Å²) in [7, 11) is 1.50. The number of carbonyl (C=O) groups is 1. The fourth-order valence-corrected chi connectivity index (χ4v) is 2.96. The highest BCUT2D eigenvalue weighted by atomic mass is 79.9. The quantitative estimate of drug-likeness (QED) is 0.906. The first-order valence-electron chi connectivity index (χ1n) is 5.00. The summed E-state index contributed by atoms with van der Waals surface area (Å²) < 4.78 is 7.56. The summed E-state index contributed by atoms with van der Waals surface area (Å²) in [5.41, 5.74) is 0.405. The first-order valence-corrected chi connectivity index (χ1v) is 6.61. The molecule has 0 aliphatic carbocycles. The molecule has 0 saturated heterocycles. The molecule has 2 heterocycles. The van der Waals surface area contributed by atoms with E-state index in [4.69, 9.17) is 9.84 Å². The van der Waals surface area contributed by atoms with Gasteiger partial charge >= 0.3 is 5.97 Å². The Balaban J connectivity index is 2.29. The number of ether oxygens (including phenoxy) is 1. The molecular weight excluding hydrogens is 322 g/mol. The minimum Gasteiger partial charge on any atom is -0.476 e. The monoisotopic (exact) mass is 331 g/mol. The van der Waals surface area contributed by atoms with E-state index in [-0.39, 0.29) is 12.3 Å². The lowest BCUT2D eigenvalue weighted by Crippen LogP contribution is -2.09. The van der Waals surface area contributed by atoms with Gasteiger partial charge in [-0.3, -0.25) is 0 Å². The summed E-state index contributed by atoms with van der Waals surface area (Å²) in [5, 5.41) is 16.5. The molecule has 2 aromatic rings. The molecule has 2 aromatic heterocycles. The normalized spacial score (nSPS) is 10.8. The molecule has 8 heteroatoms. The van der Waals surface area contributed by atoms with Crippen molar-refractivity contribution in [3.05, 3.63) is 32.2 Å². The van der Waals surface area contributed by atoms with E-state index in [9.17, 15) is 4.79 Å². The lowest BCUT2D eigenvalue weighted by molar-refractivity contribution is 0.0684. The molecule has 0 saturated carbocycles. The number of carboxylic acid groups (broad SMARTS) is 1. The average Bonchev–Trinajstić information content (AvgIpc) is 2.88. The zero-order chi connectivity index (χ0) is 13.1. The Hall–Kier alpha value is -1.25. The largest absolute Gasteiger partial charge is 0.476 e. The molecule has 0 aromatic carbocycles. The van der Waals surface area contributed by atoms with Crippen molar-refractivity contribution in [3.8, 4) is 0 Å². The third-order valence-corrected chi connectivity index (χ3v) is 3.86. The van der Waals surface area contributed by atoms with Crippen LogP contribution in [0.15, 0.2) is 15.9 Å². The van der Waals surface area contributed by atoms with Gasteiger partial charge in [0.2, 0.25) is 0 Å². The van der Waals surface area contributed by atoms with Gasteiger partial charge in [-0.2, -0.15) is 0 Å². The molecule has 0 fully saturated rings. The van der Waals surface area contributed by atoms with Crippen LogP contribution in [0.2, 0.25) is 0 Å². The second kappa shape index (κ2) is 5.59. The highest BCUT2D eigenvalue weighted by Gasteiger charge is 2.19. The van der Waals surface area contributed by atoms with Crippen molar-refractivity contribution >= 4 is 33.2 Å². The number of hydrogen-bond donors (Lipinski definition) is 1. The van der Waals surface area contributed by atoms with E-state index in [1.54, 1.807) is 16.0 Å². The van der Waals surface area contributed by atoms with E-state index in [1.807, 2.05) is 12.1 Å². The molecule has 0 unspecified atom stereocenters. The first-order chi connectivity index (χ1) is 8.61. The molecular formula is C10H10BrN3O3S. The Bertz CT molecular complexity index is 566. The Labute approximate surface area is 115 Å². The van der Waals surface area contributed by atoms with Gasteiger partial charge in [0.1, 0.15) is 0 Å². The van der Waals surface area contributed by atoms with Crippen molar-refractivity contribution in [1.29, 1.82) is 0 Å². The van der Waals surface area contributed by atoms with Crippen LogP contribution in [0.3, 0.4) is 0 Å². The van der Waals surface area contributed by atoms with Crippen molar-refractivity contribution < 1.29 is 14.6 Å². The summed E-state index contributed by atoms with van der Waals surface area (Å²) in [6, 6.07) is 3.89. The van der Waals surface area contributed by atoms with Gasteiger partial charge in [0.25, 0.3) is 0 Å². The van der Waals surface area contributed by atoms with Gasteiger partial charge in [0, 0.05) is 12.0 Å². The molecule has 0 aliphatic rings. The number of methoxy groups -OCH3 is 1. The van der Waals surface area contributed by atoms with E-state index in [2.05, 4.69) is 26.2 Å². The standard InChI is InChI=1S/C10H10BrN3O3S/c1-17-5-7-9(10(15)16)12-13-14(7)4-6-2-3-8(11)18-6/h2-3H,4-5H2,1H3,(H,15,16). The third-order valence-electron chi connectivity index (χ3n) is 2.26. The summed E-state index contributed by atoms with van der Waals surface area (Å²) in [5.74, 6) is -1.10. The molecule has 0 spiro atoms. The molecule has 6 nitrogen and oxygen atoms in total. The number of rotatable bonds is 5. The van der Waals surface area contributed by atoms with Gasteiger partial charge in [-0.1, -0.05) is 5.21 Å². The lowest BCUT2D eigenvalue weighted by atomic mass is 10.3. The Kier molecular flexibility index (Phi) is 4.10. The smallest absolute Gasteiger partial charge is 0.358 e. The third kappa shape index (κ3) is 2.77. The Morgan fingerprint density at radius 3 is 2.94 bits per heavy atom. The van der Waals surface area contributed by atoms with Crippen molar-refractivity contribution in [3.63, 3.8) is 0 Å². The summed E-state index contributed by atoms with van der Waals surface area (Å²) >= 11 is 4.94. The second-order valence-corrected chi connectivity index (χ2v) is 6.03. The maximum Gasteiger partial charge on any atom is 0.358 e. The molecule has 0 amide bonds. The van der Waals surface area contributed by atoms with Crippen LogP contribution in [-0.4, -0.2) is 33.2 Å². The van der Waals surface area contributed by atoms with Crippen LogP contribution in [0.25, 0.3) is 0 Å². The first kappa shape index (κ1) is 13.2. The molecule has 2 rings (SSSR count). The lowest BCUT2D eigenvalue weighted by Gasteiger charge is -2.04. The molecule has 0 aliphatic heterocycles. The number of thiophene rings is 1. The topological polar surface area (TPSA) is 77.2 Å². The van der Waals surface area contributed by atoms with Crippen LogP contribution in [0.5, 0.6) is 0 Å². The summed E-state index contributed by atoms with van der Waals surface area (Å²) in [6.07, 6.45) is 0. The van der Waals surface area contributed by atoms with Gasteiger partial charge in [-0.15, -0.1) is 16.4 Å². The molecule has 1 N–H and O–H groups in total. The number of carboxylic acids is 1. The zero-order valence-electron chi connectivity index (χ0n) is 9.46. The Morgan fingerprint density at radius 1 is 1.61 bits per heavy atom. The molecule has 0 atom stereocenters. The molecule has 18 heavy (non-hydrogen) atoms. The van der Waals surface area contributed by atoms with Gasteiger partial charge in [-0.05, 0) is 28.1 Å². The van der Waals surface area contributed by atoms with Crippen molar-refractivity contribution in [1.82, 2.24) is 15.0 Å².